The van der Waals surface area contributed by atoms with Gasteiger partial charge in [0.15, 0.2) is 0 Å². The summed E-state index contributed by atoms with van der Waals surface area (Å²) in [6, 6.07) is 7.41. The molecule has 2 aromatic rings. The predicted molar refractivity (Wildman–Crippen MR) is 102 cm³/mol. The summed E-state index contributed by atoms with van der Waals surface area (Å²) in [4.78, 5) is 12.5. The lowest BCUT2D eigenvalue weighted by Crippen LogP contribution is -2.35. The van der Waals surface area contributed by atoms with E-state index in [1.165, 1.54) is 37.4 Å². The van der Waals surface area contributed by atoms with Crippen LogP contribution in [0.2, 0.25) is 5.02 Å². The zero-order chi connectivity index (χ0) is 20.3. The quantitative estimate of drug-likeness (QED) is 0.737. The summed E-state index contributed by atoms with van der Waals surface area (Å²) < 4.78 is 51.7. The van der Waals surface area contributed by atoms with Crippen LogP contribution < -0.4 is 14.8 Å². The number of ether oxygens (including phenoxy) is 2. The van der Waals surface area contributed by atoms with Crippen molar-refractivity contribution in [2.24, 2.45) is 0 Å². The molecule has 28 heavy (non-hydrogen) atoms. The molecule has 150 valence electrons. The van der Waals surface area contributed by atoms with Crippen LogP contribution in [-0.4, -0.2) is 40.7 Å². The fourth-order valence-electron chi connectivity index (χ4n) is 2.72. The second kappa shape index (κ2) is 8.44. The van der Waals surface area contributed by atoms with Crippen LogP contribution in [0.25, 0.3) is 0 Å². The smallest absolute Gasteiger partial charge is 0.259 e. The lowest BCUT2D eigenvalue weighted by Gasteiger charge is -2.14. The topological polar surface area (TPSA) is 93.7 Å². The van der Waals surface area contributed by atoms with Crippen LogP contribution in [0.1, 0.15) is 16.8 Å². The average molecular weight is 429 g/mol. The highest BCUT2D eigenvalue weighted by atomic mass is 35.5. The van der Waals surface area contributed by atoms with Gasteiger partial charge in [-0.25, -0.2) is 17.5 Å². The summed E-state index contributed by atoms with van der Waals surface area (Å²) in [5.41, 5.74) is 0.159. The Hall–Kier alpha value is -2.20. The molecule has 3 rings (SSSR count). The van der Waals surface area contributed by atoms with Crippen molar-refractivity contribution in [1.82, 2.24) is 4.72 Å². The summed E-state index contributed by atoms with van der Waals surface area (Å²) >= 11 is 5.63. The molecule has 0 spiro atoms. The van der Waals surface area contributed by atoms with E-state index in [-0.39, 0.29) is 33.0 Å². The Bertz CT molecular complexity index is 993. The second-order valence-electron chi connectivity index (χ2n) is 6.13. The molecule has 0 unspecified atom stereocenters. The van der Waals surface area contributed by atoms with Crippen LogP contribution in [0.15, 0.2) is 41.3 Å². The van der Waals surface area contributed by atoms with E-state index in [4.69, 9.17) is 21.1 Å². The number of nitrogens with one attached hydrogen (secondary N) is 2. The highest BCUT2D eigenvalue weighted by Gasteiger charge is 2.25. The number of hydrogen-bond acceptors (Lipinski definition) is 5. The number of carbonyl (C=O) groups excluding carboxylic acids is 1. The molecule has 1 amide bonds. The lowest BCUT2D eigenvalue weighted by molar-refractivity contribution is 0.102. The third kappa shape index (κ3) is 4.61. The third-order valence-electron chi connectivity index (χ3n) is 4.15. The number of rotatable bonds is 6. The Morgan fingerprint density at radius 3 is 2.71 bits per heavy atom. The van der Waals surface area contributed by atoms with Crippen LogP contribution in [0.5, 0.6) is 5.75 Å². The molecule has 10 heteroatoms. The molecule has 0 radical (unpaired) electrons. The van der Waals surface area contributed by atoms with Crippen molar-refractivity contribution in [3.05, 3.63) is 52.8 Å². The molecule has 0 aromatic heterocycles. The molecule has 1 atom stereocenters. The Balaban J connectivity index is 1.87. The van der Waals surface area contributed by atoms with Crippen molar-refractivity contribution in [3.8, 4) is 5.75 Å². The van der Waals surface area contributed by atoms with E-state index >= 15 is 0 Å². The number of sulfonamides is 1. The highest BCUT2D eigenvalue weighted by molar-refractivity contribution is 7.89. The first-order valence-electron chi connectivity index (χ1n) is 8.34. The minimum Gasteiger partial charge on any atom is -0.496 e. The molecule has 1 aliphatic rings. The second-order valence-corrected chi connectivity index (χ2v) is 8.25. The maximum Gasteiger partial charge on any atom is 0.259 e. The molecule has 0 aliphatic carbocycles. The molecule has 0 bridgehead atoms. The van der Waals surface area contributed by atoms with Gasteiger partial charge in [-0.05, 0) is 42.8 Å². The first-order chi connectivity index (χ1) is 13.3. The van der Waals surface area contributed by atoms with Crippen LogP contribution in [0.4, 0.5) is 10.1 Å². The van der Waals surface area contributed by atoms with Crippen LogP contribution >= 0.6 is 11.6 Å². The van der Waals surface area contributed by atoms with Gasteiger partial charge in [0.25, 0.3) is 5.91 Å². The fourth-order valence-corrected chi connectivity index (χ4v) is 4.12. The molecule has 7 nitrogen and oxygen atoms in total. The number of methoxy groups -OCH3 is 1. The van der Waals surface area contributed by atoms with Crippen LogP contribution in [0.3, 0.4) is 0 Å². The first kappa shape index (κ1) is 20.5. The SMILES string of the molecule is COc1ccc(S(=O)(=O)N[C@H]2CCOC2)cc1C(=O)Nc1ccc(Cl)c(F)c1. The summed E-state index contributed by atoms with van der Waals surface area (Å²) in [6.07, 6.45) is 0.574. The van der Waals surface area contributed by atoms with E-state index in [1.807, 2.05) is 0 Å². The predicted octanol–water partition coefficient (Wildman–Crippen LogP) is 2.81. The van der Waals surface area contributed by atoms with Gasteiger partial charge in [0, 0.05) is 18.3 Å². The zero-order valence-corrected chi connectivity index (χ0v) is 16.4. The maximum atomic E-state index is 13.6. The summed E-state index contributed by atoms with van der Waals surface area (Å²) in [5, 5.41) is 2.42. The summed E-state index contributed by atoms with van der Waals surface area (Å²) in [5.74, 6) is -1.17. The van der Waals surface area contributed by atoms with Gasteiger partial charge in [-0.2, -0.15) is 0 Å². The Morgan fingerprint density at radius 1 is 1.29 bits per heavy atom. The van der Waals surface area contributed by atoms with Crippen LogP contribution in [-0.2, 0) is 14.8 Å². The first-order valence-corrected chi connectivity index (χ1v) is 10.2. The molecular formula is C18H18ClFN2O5S. The van der Waals surface area contributed by atoms with Crippen molar-refractivity contribution >= 4 is 33.2 Å². The molecule has 0 saturated carbocycles. The lowest BCUT2D eigenvalue weighted by atomic mass is 10.2. The molecule has 1 saturated heterocycles. The number of hydrogen-bond donors (Lipinski definition) is 2. The van der Waals surface area contributed by atoms with Crippen molar-refractivity contribution in [3.63, 3.8) is 0 Å². The standard InChI is InChI=1S/C18H18ClFN2O5S/c1-26-17-5-3-13(28(24,25)22-12-6-7-27-10-12)9-14(17)18(23)21-11-2-4-15(19)16(20)8-11/h2-5,8-9,12,22H,6-7,10H2,1H3,(H,21,23)/t12-/m0/s1. The van der Waals surface area contributed by atoms with E-state index in [2.05, 4.69) is 10.0 Å². The molecule has 1 aliphatic heterocycles. The van der Waals surface area contributed by atoms with Crippen molar-refractivity contribution < 1.29 is 27.1 Å². The number of carbonyl (C=O) groups is 1. The van der Waals surface area contributed by atoms with Crippen molar-refractivity contribution in [1.29, 1.82) is 0 Å². The van der Waals surface area contributed by atoms with Gasteiger partial charge in [0.2, 0.25) is 10.0 Å². The van der Waals surface area contributed by atoms with E-state index < -0.39 is 21.7 Å². The van der Waals surface area contributed by atoms with E-state index in [0.29, 0.717) is 19.6 Å². The Kier molecular flexibility index (Phi) is 6.19. The van der Waals surface area contributed by atoms with Gasteiger partial charge in [-0.1, -0.05) is 11.6 Å². The normalized spacial score (nSPS) is 16.8. The minimum atomic E-state index is -3.85. The molecule has 2 aromatic carbocycles. The number of benzene rings is 2. The van der Waals surface area contributed by atoms with E-state index in [0.717, 1.165) is 6.07 Å². The van der Waals surface area contributed by atoms with Crippen molar-refractivity contribution in [2.45, 2.75) is 17.4 Å². The molecule has 2 N–H and O–H groups in total. The minimum absolute atomic E-state index is 0.0107. The van der Waals surface area contributed by atoms with Gasteiger partial charge in [0.05, 0.1) is 29.2 Å². The van der Waals surface area contributed by atoms with Gasteiger partial charge in [-0.3, -0.25) is 4.79 Å². The number of anilines is 1. The average Bonchev–Trinajstić information content (AvgIpc) is 3.16. The van der Waals surface area contributed by atoms with Gasteiger partial charge in [-0.15, -0.1) is 0 Å². The molecular weight excluding hydrogens is 411 g/mol. The van der Waals surface area contributed by atoms with E-state index in [1.54, 1.807) is 0 Å². The summed E-state index contributed by atoms with van der Waals surface area (Å²) in [7, 11) is -2.50. The third-order valence-corrected chi connectivity index (χ3v) is 5.98. The van der Waals surface area contributed by atoms with Gasteiger partial charge in [0.1, 0.15) is 11.6 Å². The zero-order valence-electron chi connectivity index (χ0n) is 14.9. The monoisotopic (exact) mass is 428 g/mol. The molecule has 1 fully saturated rings. The maximum absolute atomic E-state index is 13.6. The summed E-state index contributed by atoms with van der Waals surface area (Å²) in [6.45, 7) is 0.784. The van der Waals surface area contributed by atoms with E-state index in [9.17, 15) is 17.6 Å². The fraction of sp³-hybridized carbons (Fsp3) is 0.278. The van der Waals surface area contributed by atoms with Crippen LogP contribution in [0, 0.1) is 5.82 Å². The van der Waals surface area contributed by atoms with Gasteiger partial charge < -0.3 is 14.8 Å². The largest absolute Gasteiger partial charge is 0.496 e. The number of halogens is 2. The Morgan fingerprint density at radius 2 is 2.07 bits per heavy atom. The Labute approximate surface area is 166 Å². The number of amides is 1. The highest BCUT2D eigenvalue weighted by Crippen LogP contribution is 2.25. The van der Waals surface area contributed by atoms with Crippen molar-refractivity contribution in [2.75, 3.05) is 25.6 Å². The molecule has 1 heterocycles. The van der Waals surface area contributed by atoms with Gasteiger partial charge >= 0.3 is 0 Å².